The van der Waals surface area contributed by atoms with Gasteiger partial charge < -0.3 is 25.3 Å². The molecule has 158 valence electrons. The molecular weight excluding hydrogens is 388 g/mol. The van der Waals surface area contributed by atoms with Crippen LogP contribution in [0.3, 0.4) is 0 Å². The zero-order valence-corrected chi connectivity index (χ0v) is 17.6. The fourth-order valence-electron chi connectivity index (χ4n) is 4.17. The Hall–Kier alpha value is -3.71. The normalized spacial score (nSPS) is 16.3. The van der Waals surface area contributed by atoms with Crippen molar-refractivity contribution in [2.75, 3.05) is 18.6 Å². The minimum Gasteiger partial charge on any atom is -0.497 e. The summed E-state index contributed by atoms with van der Waals surface area (Å²) < 4.78 is 5.38. The predicted molar refractivity (Wildman–Crippen MR) is 127 cm³/mol. The van der Waals surface area contributed by atoms with Crippen molar-refractivity contribution in [1.29, 1.82) is 0 Å². The van der Waals surface area contributed by atoms with Crippen molar-refractivity contribution in [3.63, 3.8) is 0 Å². The number of nitrogens with two attached hydrogens (primary N) is 1. The molecule has 7 heteroatoms. The molecule has 0 aliphatic carbocycles. The van der Waals surface area contributed by atoms with Crippen LogP contribution in [-0.2, 0) is 6.42 Å². The number of aliphatic imine (C=N–C) groups is 1. The van der Waals surface area contributed by atoms with Crippen molar-refractivity contribution < 1.29 is 4.74 Å². The van der Waals surface area contributed by atoms with Gasteiger partial charge in [-0.25, -0.2) is 4.99 Å². The summed E-state index contributed by atoms with van der Waals surface area (Å²) in [5.41, 5.74) is 11.7. The largest absolute Gasteiger partial charge is 0.497 e. The summed E-state index contributed by atoms with van der Waals surface area (Å²) in [5.74, 6) is 1.38. The Morgan fingerprint density at radius 3 is 2.94 bits per heavy atom. The number of hydrogen-bond acceptors (Lipinski definition) is 5. The van der Waals surface area contributed by atoms with Crippen molar-refractivity contribution >= 4 is 33.3 Å². The van der Waals surface area contributed by atoms with Crippen LogP contribution >= 0.6 is 0 Å². The fourth-order valence-corrected chi connectivity index (χ4v) is 4.17. The summed E-state index contributed by atoms with van der Waals surface area (Å²) in [6.45, 7) is 2.82. The first kappa shape index (κ1) is 19.3. The molecule has 3 heterocycles. The number of nitrogens with zero attached hydrogens (tertiary/aromatic N) is 2. The maximum atomic E-state index is 6.03. The number of rotatable bonds is 6. The van der Waals surface area contributed by atoms with Gasteiger partial charge in [0.2, 0.25) is 0 Å². The number of hydrogen-bond donors (Lipinski definition) is 4. The highest BCUT2D eigenvalue weighted by molar-refractivity contribution is 5.97. The molecule has 4 aromatic rings. The van der Waals surface area contributed by atoms with Gasteiger partial charge in [0.25, 0.3) is 0 Å². The van der Waals surface area contributed by atoms with E-state index >= 15 is 0 Å². The molecule has 31 heavy (non-hydrogen) atoms. The molecule has 0 spiro atoms. The van der Waals surface area contributed by atoms with Crippen molar-refractivity contribution in [2.45, 2.75) is 19.6 Å². The maximum absolute atomic E-state index is 6.03. The Balaban J connectivity index is 1.36. The topological polar surface area (TPSA) is 94.5 Å². The lowest BCUT2D eigenvalue weighted by molar-refractivity contribution is 0.415. The number of aryl methyl sites for hydroxylation is 1. The average molecular weight is 415 g/mol. The van der Waals surface area contributed by atoms with Crippen molar-refractivity contribution in [1.82, 2.24) is 15.3 Å². The summed E-state index contributed by atoms with van der Waals surface area (Å²) in [7, 11) is 1.69. The van der Waals surface area contributed by atoms with E-state index in [0.29, 0.717) is 5.84 Å². The molecule has 5 rings (SSSR count). The predicted octanol–water partition coefficient (Wildman–Crippen LogP) is 3.77. The summed E-state index contributed by atoms with van der Waals surface area (Å²) in [6.07, 6.45) is 6.47. The molecule has 7 nitrogen and oxygen atoms in total. The first-order valence-electron chi connectivity index (χ1n) is 10.4. The van der Waals surface area contributed by atoms with E-state index < -0.39 is 0 Å². The van der Waals surface area contributed by atoms with Gasteiger partial charge in [0.1, 0.15) is 11.6 Å². The number of aromatic nitrogens is 2. The number of nitrogens with one attached hydrogen (secondary N) is 3. The Kier molecular flexibility index (Phi) is 4.88. The Morgan fingerprint density at radius 1 is 1.16 bits per heavy atom. The first-order valence-corrected chi connectivity index (χ1v) is 10.4. The van der Waals surface area contributed by atoms with Crippen LogP contribution in [-0.4, -0.2) is 35.7 Å². The third-order valence-corrected chi connectivity index (χ3v) is 5.69. The van der Waals surface area contributed by atoms with E-state index in [9.17, 15) is 0 Å². The molecule has 0 amide bonds. The standard InChI is InChI=1S/C24H26N6O/c1-15-12-19-21(28-15)4-3-5-22(19)30-11-9-23(25)29-24(30)26-10-8-16-14-27-20-7-6-17(31-2)13-18(16)20/h3-7,9,11-14,24,26-28H,8,10H2,1-2H3,(H2,25,29). The number of benzene rings is 2. The number of anilines is 1. The lowest BCUT2D eigenvalue weighted by atomic mass is 10.1. The number of ether oxygens (including phenoxy) is 1. The summed E-state index contributed by atoms with van der Waals surface area (Å²) >= 11 is 0. The van der Waals surface area contributed by atoms with E-state index in [1.165, 1.54) is 10.9 Å². The van der Waals surface area contributed by atoms with Crippen LogP contribution in [0.25, 0.3) is 21.8 Å². The summed E-state index contributed by atoms with van der Waals surface area (Å²) in [5, 5.41) is 5.90. The monoisotopic (exact) mass is 414 g/mol. The van der Waals surface area contributed by atoms with Crippen LogP contribution in [0.2, 0.25) is 0 Å². The molecular formula is C24H26N6O. The van der Waals surface area contributed by atoms with Gasteiger partial charge in [-0.15, -0.1) is 0 Å². The SMILES string of the molecule is COc1ccc2[nH]cc(CCNC3N=C(N)C=CN3c3cccc4[nH]c(C)cc34)c2c1. The van der Waals surface area contributed by atoms with E-state index in [1.807, 2.05) is 24.4 Å². The lowest BCUT2D eigenvalue weighted by Crippen LogP contribution is -2.45. The molecule has 0 bridgehead atoms. The number of aromatic amines is 2. The molecule has 0 radical (unpaired) electrons. The molecule has 1 unspecified atom stereocenters. The minimum absolute atomic E-state index is 0.273. The van der Waals surface area contributed by atoms with Gasteiger partial charge in [0, 0.05) is 46.4 Å². The van der Waals surface area contributed by atoms with Crippen LogP contribution in [0, 0.1) is 6.92 Å². The van der Waals surface area contributed by atoms with E-state index in [0.717, 1.165) is 46.5 Å². The fraction of sp³-hybridized carbons (Fsp3) is 0.208. The van der Waals surface area contributed by atoms with E-state index in [4.69, 9.17) is 10.5 Å². The first-order chi connectivity index (χ1) is 15.1. The van der Waals surface area contributed by atoms with Gasteiger partial charge in [0.15, 0.2) is 6.29 Å². The van der Waals surface area contributed by atoms with Crippen LogP contribution < -0.4 is 20.7 Å². The minimum atomic E-state index is -0.273. The van der Waals surface area contributed by atoms with Gasteiger partial charge in [-0.1, -0.05) is 6.07 Å². The Morgan fingerprint density at radius 2 is 2.06 bits per heavy atom. The molecule has 1 aliphatic rings. The summed E-state index contributed by atoms with van der Waals surface area (Å²) in [4.78, 5) is 13.5. The van der Waals surface area contributed by atoms with Crippen LogP contribution in [0.5, 0.6) is 5.75 Å². The van der Waals surface area contributed by atoms with Crippen molar-refractivity contribution in [3.05, 3.63) is 72.2 Å². The second kappa shape index (κ2) is 7.85. The highest BCUT2D eigenvalue weighted by atomic mass is 16.5. The molecule has 2 aromatic heterocycles. The van der Waals surface area contributed by atoms with Crippen LogP contribution in [0.15, 0.2) is 65.9 Å². The molecule has 5 N–H and O–H groups in total. The highest BCUT2D eigenvalue weighted by Gasteiger charge is 2.21. The zero-order valence-electron chi connectivity index (χ0n) is 17.6. The van der Waals surface area contributed by atoms with Gasteiger partial charge in [0.05, 0.1) is 12.8 Å². The highest BCUT2D eigenvalue weighted by Crippen LogP contribution is 2.30. The Bertz CT molecular complexity index is 1300. The number of methoxy groups -OCH3 is 1. The smallest absolute Gasteiger partial charge is 0.182 e. The van der Waals surface area contributed by atoms with Crippen molar-refractivity contribution in [2.24, 2.45) is 10.7 Å². The van der Waals surface area contributed by atoms with E-state index in [1.54, 1.807) is 7.11 Å². The third kappa shape index (κ3) is 3.64. The average Bonchev–Trinajstić information content (AvgIpc) is 3.36. The Labute approximate surface area is 180 Å². The maximum Gasteiger partial charge on any atom is 0.182 e. The zero-order chi connectivity index (χ0) is 21.4. The molecule has 0 saturated heterocycles. The third-order valence-electron chi connectivity index (χ3n) is 5.69. The number of H-pyrrole nitrogens is 2. The second-order valence-electron chi connectivity index (χ2n) is 7.77. The van der Waals surface area contributed by atoms with Crippen LogP contribution in [0.4, 0.5) is 5.69 Å². The molecule has 1 aliphatic heterocycles. The molecule has 2 aromatic carbocycles. The van der Waals surface area contributed by atoms with E-state index in [2.05, 4.69) is 68.6 Å². The van der Waals surface area contributed by atoms with E-state index in [-0.39, 0.29) is 6.29 Å². The lowest BCUT2D eigenvalue weighted by Gasteiger charge is -2.31. The van der Waals surface area contributed by atoms with Gasteiger partial charge >= 0.3 is 0 Å². The molecule has 1 atom stereocenters. The number of amidine groups is 1. The van der Waals surface area contributed by atoms with Gasteiger partial charge in [-0.05, 0) is 61.4 Å². The van der Waals surface area contributed by atoms with Gasteiger partial charge in [-0.3, -0.25) is 5.32 Å². The quantitative estimate of drug-likeness (QED) is 0.386. The van der Waals surface area contributed by atoms with Crippen molar-refractivity contribution in [3.8, 4) is 5.75 Å². The summed E-state index contributed by atoms with van der Waals surface area (Å²) in [6, 6.07) is 14.5. The molecule has 0 fully saturated rings. The van der Waals surface area contributed by atoms with Crippen LogP contribution in [0.1, 0.15) is 11.3 Å². The number of fused-ring (bicyclic) bond motifs is 2. The second-order valence-corrected chi connectivity index (χ2v) is 7.77. The molecule has 0 saturated carbocycles. The van der Waals surface area contributed by atoms with Gasteiger partial charge in [-0.2, -0.15) is 0 Å².